The molecule has 0 aromatic heterocycles. The predicted octanol–water partition coefficient (Wildman–Crippen LogP) is 28.8. The summed E-state index contributed by atoms with van der Waals surface area (Å²) in [4.78, 5) is -0.148. The molecule has 0 fully saturated rings. The maximum absolute atomic E-state index is 12.0. The Kier molecular flexibility index (Phi) is 59.9. The van der Waals surface area contributed by atoms with Crippen LogP contribution in [0.25, 0.3) is 21.5 Å². The molecule has 0 aliphatic rings. The predicted molar refractivity (Wildman–Crippen MR) is 424 cm³/mol. The zero-order valence-electron chi connectivity index (χ0n) is 64.0. The summed E-state index contributed by atoms with van der Waals surface area (Å²) in [6, 6.07) is 19.0. The van der Waals surface area contributed by atoms with E-state index in [2.05, 4.69) is 39.8 Å². The summed E-state index contributed by atoms with van der Waals surface area (Å²) in [5.74, 6) is 0. The second kappa shape index (κ2) is 63.3. The minimum absolute atomic E-state index is 0. The second-order valence-electron chi connectivity index (χ2n) is 29.9. The summed E-state index contributed by atoms with van der Waals surface area (Å²) >= 11 is 0. The standard InChI is InChI=1S/2C44H76O3S.Ba/c2*1-3-5-7-9-11-13-15-17-19-21-23-25-27-29-31-34-40-36-33-37-42-39-43(48(45,46)47)38-41(44(40)42)35-32-30-28-26-24-22-20-18-16-14-12-10-8-6-4-2;/h2*33,36-39H,3-32,34-35H2,1-2H3,(H,45,46,47);/q;;+2/p-2. The first-order chi connectivity index (χ1) is 46.9. The number of aryl methyl sites for hydroxylation is 4. The third-order valence-electron chi connectivity index (χ3n) is 21.0. The molecular weight excluding hydrogens is 1350 g/mol. The van der Waals surface area contributed by atoms with Crippen molar-refractivity contribution in [2.24, 2.45) is 0 Å². The largest absolute Gasteiger partial charge is 2.00 e. The molecule has 97 heavy (non-hydrogen) atoms. The molecule has 0 heterocycles. The minimum atomic E-state index is -4.48. The Morgan fingerprint density at radius 3 is 0.567 bits per heavy atom. The van der Waals surface area contributed by atoms with E-state index in [1.807, 2.05) is 24.3 Å². The molecule has 0 unspecified atom stereocenters. The molecule has 0 spiro atoms. The first kappa shape index (κ1) is 91.9. The number of fused-ring (bicyclic) bond motifs is 2. The SMILES string of the molecule is CCCCCCCCCCCCCCCCCc1cccc2cc(S(=O)(=O)[O-])cc(CCCCCCCCCCCCCCCCC)c12.CCCCCCCCCCCCCCCCCc1cccc2cc(S(=O)(=O)[O-])cc(CCCCCCCCCCCCCCCCC)c12.[Ba+2]. The van der Waals surface area contributed by atoms with Gasteiger partial charge in [-0.25, -0.2) is 16.8 Å². The van der Waals surface area contributed by atoms with Crippen LogP contribution >= 0.6 is 0 Å². The Morgan fingerprint density at radius 1 is 0.227 bits per heavy atom. The molecule has 4 rings (SSSR count). The molecule has 0 N–H and O–H groups in total. The van der Waals surface area contributed by atoms with E-state index >= 15 is 0 Å². The fourth-order valence-corrected chi connectivity index (χ4v) is 16.1. The van der Waals surface area contributed by atoms with Crippen LogP contribution in [0, 0.1) is 0 Å². The van der Waals surface area contributed by atoms with Crippen LogP contribution in [0.5, 0.6) is 0 Å². The van der Waals surface area contributed by atoms with Crippen molar-refractivity contribution in [2.75, 3.05) is 0 Å². The van der Waals surface area contributed by atoms with E-state index < -0.39 is 20.2 Å². The van der Waals surface area contributed by atoms with Gasteiger partial charge in [-0.2, -0.15) is 0 Å². The van der Waals surface area contributed by atoms with E-state index in [0.717, 1.165) is 86.1 Å². The average molecular weight is 1510 g/mol. The van der Waals surface area contributed by atoms with Crippen LogP contribution in [0.4, 0.5) is 0 Å². The molecule has 4 aromatic rings. The van der Waals surface area contributed by atoms with Gasteiger partial charge in [0.2, 0.25) is 0 Å². The summed E-state index contributed by atoms with van der Waals surface area (Å²) in [5.41, 5.74) is 4.72. The van der Waals surface area contributed by atoms with Gasteiger partial charge in [-0.3, -0.25) is 0 Å². The number of hydrogen-bond acceptors (Lipinski definition) is 6. The summed E-state index contributed by atoms with van der Waals surface area (Å²) in [5, 5.41) is 4.20. The van der Waals surface area contributed by atoms with Gasteiger partial charge in [-0.1, -0.05) is 424 Å². The number of hydrogen-bond donors (Lipinski definition) is 0. The van der Waals surface area contributed by atoms with Gasteiger partial charge in [0.15, 0.2) is 0 Å². The van der Waals surface area contributed by atoms with Crippen molar-refractivity contribution in [3.8, 4) is 0 Å². The maximum atomic E-state index is 12.0. The van der Waals surface area contributed by atoms with E-state index in [9.17, 15) is 25.9 Å². The van der Waals surface area contributed by atoms with Crippen LogP contribution in [0.2, 0.25) is 0 Å². The van der Waals surface area contributed by atoms with Crippen LogP contribution in [0.1, 0.15) is 435 Å². The topological polar surface area (TPSA) is 114 Å². The Balaban J connectivity index is 0.000000653. The van der Waals surface area contributed by atoms with E-state index in [0.29, 0.717) is 0 Å². The fraction of sp³-hybridized carbons (Fsp3) is 0.773. The zero-order chi connectivity index (χ0) is 69.1. The van der Waals surface area contributed by atoms with E-state index in [1.54, 1.807) is 24.3 Å². The summed E-state index contributed by atoms with van der Waals surface area (Å²) in [6.07, 6.45) is 84.5. The van der Waals surface area contributed by atoms with Crippen LogP contribution in [-0.4, -0.2) is 74.8 Å². The smallest absolute Gasteiger partial charge is 0.744 e. The average Bonchev–Trinajstić information content (AvgIpc) is 0.798. The van der Waals surface area contributed by atoms with Gasteiger partial charge in [0.25, 0.3) is 0 Å². The number of rotatable bonds is 66. The third kappa shape index (κ3) is 47.7. The molecule has 0 bridgehead atoms. The van der Waals surface area contributed by atoms with Crippen LogP contribution in [0.3, 0.4) is 0 Å². The Bertz CT molecular complexity index is 2500. The number of benzene rings is 4. The Morgan fingerprint density at radius 2 is 0.392 bits per heavy atom. The molecule has 4 aromatic carbocycles. The third-order valence-corrected chi connectivity index (χ3v) is 22.6. The number of unbranched alkanes of at least 4 members (excludes halogenated alkanes) is 56. The molecule has 6 nitrogen and oxygen atoms in total. The second-order valence-corrected chi connectivity index (χ2v) is 32.7. The quantitative estimate of drug-likeness (QED) is 0.0247. The van der Waals surface area contributed by atoms with Crippen LogP contribution < -0.4 is 0 Å². The van der Waals surface area contributed by atoms with E-state index in [1.165, 1.54) is 369 Å². The van der Waals surface area contributed by atoms with Crippen molar-refractivity contribution in [3.05, 3.63) is 82.9 Å². The van der Waals surface area contributed by atoms with Crippen LogP contribution in [0.15, 0.2) is 70.5 Å². The molecule has 552 valence electrons. The van der Waals surface area contributed by atoms with Gasteiger partial charge < -0.3 is 9.11 Å². The molecule has 0 atom stereocenters. The van der Waals surface area contributed by atoms with Crippen molar-refractivity contribution in [1.29, 1.82) is 0 Å². The summed E-state index contributed by atoms with van der Waals surface area (Å²) < 4.78 is 72.0. The molecule has 0 amide bonds. The van der Waals surface area contributed by atoms with Gasteiger partial charge in [-0.05, 0) is 119 Å². The van der Waals surface area contributed by atoms with Gasteiger partial charge >= 0.3 is 48.9 Å². The first-order valence-electron chi connectivity index (χ1n) is 41.9. The molecule has 0 saturated heterocycles. The van der Waals surface area contributed by atoms with Crippen molar-refractivity contribution < 1.29 is 25.9 Å². The fourth-order valence-electron chi connectivity index (χ4n) is 15.0. The van der Waals surface area contributed by atoms with Gasteiger partial charge in [0.05, 0.1) is 9.79 Å². The molecule has 9 heteroatoms. The molecule has 0 radical (unpaired) electrons. The van der Waals surface area contributed by atoms with Gasteiger partial charge in [0, 0.05) is 0 Å². The zero-order valence-corrected chi connectivity index (χ0v) is 70.1. The maximum Gasteiger partial charge on any atom is 2.00 e. The van der Waals surface area contributed by atoms with Crippen molar-refractivity contribution >= 4 is 90.7 Å². The summed E-state index contributed by atoms with van der Waals surface area (Å²) in [6.45, 7) is 9.13. The normalized spacial score (nSPS) is 11.9. The minimum Gasteiger partial charge on any atom is -0.744 e. The first-order valence-corrected chi connectivity index (χ1v) is 44.8. The molecule has 0 saturated carbocycles. The van der Waals surface area contributed by atoms with E-state index in [-0.39, 0.29) is 58.7 Å². The van der Waals surface area contributed by atoms with Crippen molar-refractivity contribution in [1.82, 2.24) is 0 Å². The van der Waals surface area contributed by atoms with Gasteiger partial charge in [-0.15, -0.1) is 0 Å². The van der Waals surface area contributed by atoms with Crippen molar-refractivity contribution in [2.45, 2.75) is 448 Å². The Hall–Kier alpha value is -1.21. The van der Waals surface area contributed by atoms with Gasteiger partial charge in [0.1, 0.15) is 20.2 Å². The molecule has 0 aliphatic heterocycles. The molecule has 0 aliphatic carbocycles. The Labute approximate surface area is 642 Å². The monoisotopic (exact) mass is 1500 g/mol. The van der Waals surface area contributed by atoms with Crippen LogP contribution in [-0.2, 0) is 45.9 Å². The molecular formula is C88H150BaO6S2. The van der Waals surface area contributed by atoms with Crippen molar-refractivity contribution in [3.63, 3.8) is 0 Å². The van der Waals surface area contributed by atoms with E-state index in [4.69, 9.17) is 0 Å². The summed E-state index contributed by atoms with van der Waals surface area (Å²) in [7, 11) is -8.97.